The molecule has 0 rings (SSSR count). The number of aliphatic hydroxyl groups excluding tert-OH is 3. The standard InChI is InChI=1S/C13H22O3/c1-5-6-7-8-11(14)13(16)12(15)10(4)9(2)3/h5,11,13-16H,1-2,6-8H2,3-4H3/b12-10+/t11-,13?/m1/s1. The maximum Gasteiger partial charge on any atom is 0.137 e. The summed E-state index contributed by atoms with van der Waals surface area (Å²) in [6.07, 6.45) is 1.53. The van der Waals surface area contributed by atoms with Gasteiger partial charge >= 0.3 is 0 Å². The zero-order valence-electron chi connectivity index (χ0n) is 10.1. The average Bonchev–Trinajstić information content (AvgIpc) is 2.26. The lowest BCUT2D eigenvalue weighted by Gasteiger charge is -2.18. The van der Waals surface area contributed by atoms with Crippen LogP contribution in [0.1, 0.15) is 33.1 Å². The van der Waals surface area contributed by atoms with Crippen molar-refractivity contribution in [3.8, 4) is 0 Å². The number of unbranched alkanes of at least 4 members (excludes halogenated alkanes) is 1. The fourth-order valence-electron chi connectivity index (χ4n) is 1.25. The molecule has 0 bridgehead atoms. The molecule has 92 valence electrons. The predicted octanol–water partition coefficient (Wildman–Crippen LogP) is 2.47. The first-order chi connectivity index (χ1) is 7.41. The molecule has 0 aliphatic heterocycles. The molecule has 1 unspecified atom stereocenters. The van der Waals surface area contributed by atoms with Crippen molar-refractivity contribution in [2.45, 2.75) is 45.3 Å². The Labute approximate surface area is 97.4 Å². The third-order valence-electron chi connectivity index (χ3n) is 2.58. The quantitative estimate of drug-likeness (QED) is 0.270. The summed E-state index contributed by atoms with van der Waals surface area (Å²) in [5.74, 6) is -0.196. The average molecular weight is 226 g/mol. The Morgan fingerprint density at radius 2 is 1.88 bits per heavy atom. The molecule has 0 aromatic carbocycles. The highest BCUT2D eigenvalue weighted by Crippen LogP contribution is 2.17. The summed E-state index contributed by atoms with van der Waals surface area (Å²) in [5.41, 5.74) is 1.20. The van der Waals surface area contributed by atoms with Crippen molar-refractivity contribution >= 4 is 0 Å². The van der Waals surface area contributed by atoms with E-state index in [9.17, 15) is 15.3 Å². The lowest BCUT2D eigenvalue weighted by Crippen LogP contribution is -2.28. The van der Waals surface area contributed by atoms with Crippen LogP contribution in [-0.4, -0.2) is 27.5 Å². The highest BCUT2D eigenvalue weighted by atomic mass is 16.4. The van der Waals surface area contributed by atoms with Gasteiger partial charge in [-0.05, 0) is 38.7 Å². The molecule has 0 saturated carbocycles. The summed E-state index contributed by atoms with van der Waals surface area (Å²) in [5, 5.41) is 29.0. The van der Waals surface area contributed by atoms with Crippen LogP contribution in [0.5, 0.6) is 0 Å². The zero-order chi connectivity index (χ0) is 12.7. The summed E-state index contributed by atoms with van der Waals surface area (Å²) in [6, 6.07) is 0. The molecular weight excluding hydrogens is 204 g/mol. The molecule has 3 nitrogen and oxygen atoms in total. The second kappa shape index (κ2) is 7.25. The van der Waals surface area contributed by atoms with Gasteiger partial charge in [-0.2, -0.15) is 0 Å². The molecule has 0 radical (unpaired) electrons. The molecule has 16 heavy (non-hydrogen) atoms. The van der Waals surface area contributed by atoms with Gasteiger partial charge in [0.25, 0.3) is 0 Å². The minimum absolute atomic E-state index is 0.196. The summed E-state index contributed by atoms with van der Waals surface area (Å²) >= 11 is 0. The van der Waals surface area contributed by atoms with Crippen molar-refractivity contribution < 1.29 is 15.3 Å². The van der Waals surface area contributed by atoms with Crippen molar-refractivity contribution in [3.05, 3.63) is 36.1 Å². The van der Waals surface area contributed by atoms with Crippen LogP contribution in [0.4, 0.5) is 0 Å². The Kier molecular flexibility index (Phi) is 6.77. The molecule has 0 heterocycles. The van der Waals surface area contributed by atoms with Crippen LogP contribution in [0.2, 0.25) is 0 Å². The van der Waals surface area contributed by atoms with Crippen LogP contribution in [0.25, 0.3) is 0 Å². The maximum absolute atomic E-state index is 9.68. The first-order valence-corrected chi connectivity index (χ1v) is 5.44. The highest BCUT2D eigenvalue weighted by Gasteiger charge is 2.21. The van der Waals surface area contributed by atoms with E-state index in [-0.39, 0.29) is 5.76 Å². The van der Waals surface area contributed by atoms with Gasteiger partial charge in [0.15, 0.2) is 0 Å². The molecule has 3 N–H and O–H groups in total. The Bertz CT molecular complexity index is 279. The zero-order valence-corrected chi connectivity index (χ0v) is 10.1. The molecular formula is C13H22O3. The number of rotatable bonds is 7. The fraction of sp³-hybridized carbons (Fsp3) is 0.538. The molecule has 0 amide bonds. The van der Waals surface area contributed by atoms with E-state index in [1.807, 2.05) is 0 Å². The first-order valence-electron chi connectivity index (χ1n) is 5.44. The molecule has 0 aliphatic carbocycles. The van der Waals surface area contributed by atoms with Gasteiger partial charge in [0, 0.05) is 0 Å². The van der Waals surface area contributed by atoms with E-state index in [4.69, 9.17) is 0 Å². The van der Waals surface area contributed by atoms with Gasteiger partial charge in [-0.25, -0.2) is 0 Å². The molecule has 0 spiro atoms. The summed E-state index contributed by atoms with van der Waals surface area (Å²) in [4.78, 5) is 0. The van der Waals surface area contributed by atoms with Crippen LogP contribution < -0.4 is 0 Å². The lowest BCUT2D eigenvalue weighted by atomic mass is 10.0. The van der Waals surface area contributed by atoms with Crippen molar-refractivity contribution in [2.24, 2.45) is 0 Å². The van der Waals surface area contributed by atoms with Crippen LogP contribution in [0.3, 0.4) is 0 Å². The highest BCUT2D eigenvalue weighted by molar-refractivity contribution is 5.28. The molecule has 0 fully saturated rings. The third kappa shape index (κ3) is 4.64. The lowest BCUT2D eigenvalue weighted by molar-refractivity contribution is 0.0119. The minimum Gasteiger partial charge on any atom is -0.509 e. The van der Waals surface area contributed by atoms with Gasteiger partial charge in [0.05, 0.1) is 6.10 Å². The van der Waals surface area contributed by atoms with Crippen molar-refractivity contribution in [2.75, 3.05) is 0 Å². The SMILES string of the molecule is C=CCCC[C@@H](O)C(O)/C(O)=C(/C)C(=C)C. The molecule has 0 aliphatic rings. The van der Waals surface area contributed by atoms with E-state index in [2.05, 4.69) is 13.2 Å². The Morgan fingerprint density at radius 1 is 1.31 bits per heavy atom. The van der Waals surface area contributed by atoms with Crippen LogP contribution in [-0.2, 0) is 0 Å². The topological polar surface area (TPSA) is 60.7 Å². The van der Waals surface area contributed by atoms with Crippen LogP contribution in [0, 0.1) is 0 Å². The Balaban J connectivity index is 4.42. The molecule has 0 aromatic heterocycles. The molecule has 3 heteroatoms. The van der Waals surface area contributed by atoms with Crippen molar-refractivity contribution in [1.82, 2.24) is 0 Å². The second-order valence-corrected chi connectivity index (χ2v) is 4.02. The van der Waals surface area contributed by atoms with E-state index in [0.29, 0.717) is 17.6 Å². The third-order valence-corrected chi connectivity index (χ3v) is 2.58. The number of allylic oxidation sites excluding steroid dienone is 3. The van der Waals surface area contributed by atoms with Crippen molar-refractivity contribution in [3.63, 3.8) is 0 Å². The van der Waals surface area contributed by atoms with Gasteiger partial charge in [-0.3, -0.25) is 0 Å². The van der Waals surface area contributed by atoms with E-state index in [1.165, 1.54) is 0 Å². The van der Waals surface area contributed by atoms with Gasteiger partial charge in [0.2, 0.25) is 0 Å². The number of hydrogen-bond acceptors (Lipinski definition) is 3. The largest absolute Gasteiger partial charge is 0.509 e. The van der Waals surface area contributed by atoms with Gasteiger partial charge in [0.1, 0.15) is 11.9 Å². The summed E-state index contributed by atoms with van der Waals surface area (Å²) < 4.78 is 0. The molecule has 0 saturated heterocycles. The van der Waals surface area contributed by atoms with E-state index >= 15 is 0 Å². The monoisotopic (exact) mass is 226 g/mol. The van der Waals surface area contributed by atoms with Crippen LogP contribution >= 0.6 is 0 Å². The van der Waals surface area contributed by atoms with E-state index in [1.54, 1.807) is 19.9 Å². The Hall–Kier alpha value is -1.06. The molecule has 2 atom stereocenters. The fourth-order valence-corrected chi connectivity index (χ4v) is 1.25. The van der Waals surface area contributed by atoms with E-state index < -0.39 is 12.2 Å². The Morgan fingerprint density at radius 3 is 2.31 bits per heavy atom. The smallest absolute Gasteiger partial charge is 0.137 e. The molecule has 0 aromatic rings. The number of aliphatic hydroxyl groups is 3. The summed E-state index contributed by atoms with van der Waals surface area (Å²) in [7, 11) is 0. The predicted molar refractivity (Wildman–Crippen MR) is 66.2 cm³/mol. The van der Waals surface area contributed by atoms with Crippen molar-refractivity contribution in [1.29, 1.82) is 0 Å². The minimum atomic E-state index is -1.23. The first kappa shape index (κ1) is 14.9. The van der Waals surface area contributed by atoms with Gasteiger partial charge in [-0.1, -0.05) is 18.2 Å². The number of hydrogen-bond donors (Lipinski definition) is 3. The van der Waals surface area contributed by atoms with E-state index in [0.717, 1.165) is 12.8 Å². The normalized spacial score (nSPS) is 16.2. The van der Waals surface area contributed by atoms with Gasteiger partial charge < -0.3 is 15.3 Å². The van der Waals surface area contributed by atoms with Crippen LogP contribution in [0.15, 0.2) is 36.1 Å². The maximum atomic E-state index is 9.68. The summed E-state index contributed by atoms with van der Waals surface area (Å²) in [6.45, 7) is 10.6. The van der Waals surface area contributed by atoms with Gasteiger partial charge in [-0.15, -0.1) is 6.58 Å². The second-order valence-electron chi connectivity index (χ2n) is 4.02.